The summed E-state index contributed by atoms with van der Waals surface area (Å²) in [7, 11) is 1.94. The van der Waals surface area contributed by atoms with Gasteiger partial charge in [-0.25, -0.2) is 14.6 Å². The highest BCUT2D eigenvalue weighted by atomic mass is 32.2. The molecule has 0 saturated heterocycles. The molecule has 2 aromatic rings. The van der Waals surface area contributed by atoms with Gasteiger partial charge in [0.2, 0.25) is 0 Å². The van der Waals surface area contributed by atoms with Crippen LogP contribution in [-0.2, 0) is 16.6 Å². The van der Waals surface area contributed by atoms with E-state index in [0.717, 1.165) is 16.4 Å². The summed E-state index contributed by atoms with van der Waals surface area (Å²) in [6.45, 7) is 2.20. The minimum Gasteiger partial charge on any atom is -0.463 e. The number of ether oxygens (including phenoxy) is 1. The molecule has 1 aromatic heterocycles. The van der Waals surface area contributed by atoms with Gasteiger partial charge in [-0.15, -0.1) is 0 Å². The summed E-state index contributed by atoms with van der Waals surface area (Å²) in [4.78, 5) is 28.2. The third-order valence-corrected chi connectivity index (χ3v) is 5.01. The van der Waals surface area contributed by atoms with Crippen LogP contribution in [0.25, 0.3) is 11.3 Å². The number of nitrogens with zero attached hydrogens (tertiary/aromatic N) is 2. The Bertz CT molecular complexity index is 845. The highest BCUT2D eigenvalue weighted by Gasteiger charge is 2.24. The van der Waals surface area contributed by atoms with E-state index in [1.807, 2.05) is 48.1 Å². The molecule has 0 saturated carbocycles. The fourth-order valence-electron chi connectivity index (χ4n) is 2.61. The number of carbonyl (C=O) groups is 2. The number of hydrogen-bond acceptors (Lipinski definition) is 5. The summed E-state index contributed by atoms with van der Waals surface area (Å²) in [5.74, 6) is 0.00103. The van der Waals surface area contributed by atoms with Crippen molar-refractivity contribution in [2.75, 3.05) is 18.9 Å². The van der Waals surface area contributed by atoms with E-state index in [4.69, 9.17) is 4.74 Å². The van der Waals surface area contributed by atoms with Crippen molar-refractivity contribution < 1.29 is 14.3 Å². The lowest BCUT2D eigenvalue weighted by Crippen LogP contribution is -2.44. The second-order valence-electron chi connectivity index (χ2n) is 5.62. The zero-order valence-corrected chi connectivity index (χ0v) is 15.4. The van der Waals surface area contributed by atoms with Gasteiger partial charge in [-0.05, 0) is 12.5 Å². The van der Waals surface area contributed by atoms with Crippen molar-refractivity contribution in [2.24, 2.45) is 7.05 Å². The summed E-state index contributed by atoms with van der Waals surface area (Å²) in [6, 6.07) is 9.67. The van der Waals surface area contributed by atoms with Crippen LogP contribution in [0.1, 0.15) is 6.92 Å². The topological polar surface area (TPSA) is 85.2 Å². The van der Waals surface area contributed by atoms with Gasteiger partial charge in [-0.2, -0.15) is 0 Å². The van der Waals surface area contributed by atoms with E-state index in [1.165, 1.54) is 11.8 Å². The van der Waals surface area contributed by atoms with Crippen LogP contribution in [0, 0.1) is 0 Å². The van der Waals surface area contributed by atoms with Gasteiger partial charge in [0.15, 0.2) is 5.16 Å². The van der Waals surface area contributed by atoms with E-state index in [9.17, 15) is 9.59 Å². The quantitative estimate of drug-likeness (QED) is 0.600. The first-order valence-electron chi connectivity index (χ1n) is 8.24. The third kappa shape index (κ3) is 3.91. The highest BCUT2D eigenvalue weighted by molar-refractivity contribution is 7.99. The lowest BCUT2D eigenvalue weighted by atomic mass is 10.2. The Balaban J connectivity index is 1.78. The number of hydrogen-bond donors (Lipinski definition) is 2. The molecule has 26 heavy (non-hydrogen) atoms. The molecular weight excluding hydrogens is 352 g/mol. The molecule has 2 heterocycles. The molecule has 3 rings (SSSR count). The van der Waals surface area contributed by atoms with Gasteiger partial charge in [-0.1, -0.05) is 42.1 Å². The number of thioether (sulfide) groups is 1. The lowest BCUT2D eigenvalue weighted by Gasteiger charge is -2.21. The Labute approximate surface area is 155 Å². The molecule has 2 amide bonds. The molecule has 0 aliphatic carbocycles. The Morgan fingerprint density at radius 3 is 2.85 bits per heavy atom. The largest absolute Gasteiger partial charge is 0.463 e. The maximum Gasteiger partial charge on any atom is 0.337 e. The molecule has 0 spiro atoms. The third-order valence-electron chi connectivity index (χ3n) is 3.94. The monoisotopic (exact) mass is 372 g/mol. The second kappa shape index (κ2) is 8.09. The number of benzene rings is 1. The van der Waals surface area contributed by atoms with Crippen molar-refractivity contribution in [2.45, 2.75) is 12.1 Å². The SMILES string of the molecule is CCOC(=O)C1=C(CSc2ncc(-c3ccccc3)n2C)NC(=O)NC1. The van der Waals surface area contributed by atoms with E-state index in [1.54, 1.807) is 6.92 Å². The standard InChI is InChI=1S/C18H20N4O3S/c1-3-25-16(23)13-9-19-17(24)21-14(13)11-26-18-20-10-15(22(18)2)12-7-5-4-6-8-12/h4-8,10H,3,9,11H2,1-2H3,(H2,19,21,24). The Kier molecular flexibility index (Phi) is 5.62. The van der Waals surface area contributed by atoms with Crippen molar-refractivity contribution in [1.82, 2.24) is 20.2 Å². The number of esters is 1. The molecule has 0 unspecified atom stereocenters. The molecule has 0 atom stereocenters. The molecule has 0 fully saturated rings. The van der Waals surface area contributed by atoms with E-state index < -0.39 is 5.97 Å². The predicted octanol–water partition coefficient (Wildman–Crippen LogP) is 2.31. The van der Waals surface area contributed by atoms with Crippen molar-refractivity contribution in [3.05, 3.63) is 47.8 Å². The average molecular weight is 372 g/mol. The van der Waals surface area contributed by atoms with Crippen molar-refractivity contribution in [1.29, 1.82) is 0 Å². The van der Waals surface area contributed by atoms with Gasteiger partial charge in [0.05, 0.1) is 30.6 Å². The smallest absolute Gasteiger partial charge is 0.337 e. The minimum atomic E-state index is -0.416. The number of aromatic nitrogens is 2. The van der Waals surface area contributed by atoms with Crippen LogP contribution in [0.5, 0.6) is 0 Å². The maximum absolute atomic E-state index is 12.1. The van der Waals surface area contributed by atoms with E-state index >= 15 is 0 Å². The summed E-state index contributed by atoms with van der Waals surface area (Å²) < 4.78 is 7.06. The number of rotatable bonds is 6. The molecule has 0 bridgehead atoms. The molecular formula is C18H20N4O3S. The van der Waals surface area contributed by atoms with Crippen molar-refractivity contribution >= 4 is 23.8 Å². The summed E-state index contributed by atoms with van der Waals surface area (Å²) in [5, 5.41) is 6.10. The van der Waals surface area contributed by atoms with Gasteiger partial charge < -0.3 is 19.9 Å². The van der Waals surface area contributed by atoms with Crippen LogP contribution in [0.4, 0.5) is 4.79 Å². The lowest BCUT2D eigenvalue weighted by molar-refractivity contribution is -0.138. The number of imidazole rings is 1. The van der Waals surface area contributed by atoms with Crippen LogP contribution in [0.15, 0.2) is 53.0 Å². The molecule has 8 heteroatoms. The predicted molar refractivity (Wildman–Crippen MR) is 99.6 cm³/mol. The fourth-order valence-corrected chi connectivity index (χ4v) is 3.55. The zero-order chi connectivity index (χ0) is 18.5. The molecule has 136 valence electrons. The number of amides is 2. The van der Waals surface area contributed by atoms with E-state index in [0.29, 0.717) is 17.0 Å². The fraction of sp³-hybridized carbons (Fsp3) is 0.278. The number of carbonyl (C=O) groups excluding carboxylic acids is 2. The van der Waals surface area contributed by atoms with Gasteiger partial charge in [0.1, 0.15) is 0 Å². The minimum absolute atomic E-state index is 0.163. The number of urea groups is 1. The molecule has 1 aliphatic heterocycles. The van der Waals surface area contributed by atoms with E-state index in [-0.39, 0.29) is 19.2 Å². The molecule has 1 aliphatic rings. The maximum atomic E-state index is 12.1. The average Bonchev–Trinajstić information content (AvgIpc) is 3.01. The Morgan fingerprint density at radius 2 is 2.12 bits per heavy atom. The number of nitrogens with one attached hydrogen (secondary N) is 2. The first-order chi connectivity index (χ1) is 12.6. The molecule has 0 radical (unpaired) electrons. The molecule has 1 aromatic carbocycles. The van der Waals surface area contributed by atoms with Crippen molar-refractivity contribution in [3.8, 4) is 11.3 Å². The normalized spacial score (nSPS) is 14.0. The summed E-state index contributed by atoms with van der Waals surface area (Å²) >= 11 is 1.45. The van der Waals surface area contributed by atoms with E-state index in [2.05, 4.69) is 15.6 Å². The highest BCUT2D eigenvalue weighted by Crippen LogP contribution is 2.26. The summed E-state index contributed by atoms with van der Waals surface area (Å²) in [5.41, 5.74) is 3.08. The Hall–Kier alpha value is -2.74. The second-order valence-corrected chi connectivity index (χ2v) is 6.57. The van der Waals surface area contributed by atoms with Crippen LogP contribution < -0.4 is 10.6 Å². The van der Waals surface area contributed by atoms with Crippen molar-refractivity contribution in [3.63, 3.8) is 0 Å². The summed E-state index contributed by atoms with van der Waals surface area (Å²) in [6.07, 6.45) is 1.82. The van der Waals surface area contributed by atoms with Gasteiger partial charge >= 0.3 is 12.0 Å². The van der Waals surface area contributed by atoms with Gasteiger partial charge in [-0.3, -0.25) is 0 Å². The van der Waals surface area contributed by atoms with Crippen LogP contribution in [-0.4, -0.2) is 40.5 Å². The first kappa shape index (κ1) is 18.1. The van der Waals surface area contributed by atoms with Gasteiger partial charge in [0, 0.05) is 18.5 Å². The van der Waals surface area contributed by atoms with Gasteiger partial charge in [0.25, 0.3) is 0 Å². The van der Waals surface area contributed by atoms with Crippen LogP contribution in [0.2, 0.25) is 0 Å². The first-order valence-corrected chi connectivity index (χ1v) is 9.22. The van der Waals surface area contributed by atoms with Crippen LogP contribution >= 0.6 is 11.8 Å². The Morgan fingerprint density at radius 1 is 1.35 bits per heavy atom. The zero-order valence-electron chi connectivity index (χ0n) is 14.6. The van der Waals surface area contributed by atoms with Crippen LogP contribution in [0.3, 0.4) is 0 Å². The molecule has 2 N–H and O–H groups in total. The molecule has 7 nitrogen and oxygen atoms in total.